The molecule has 28 heavy (non-hydrogen) atoms. The predicted octanol–water partition coefficient (Wildman–Crippen LogP) is 6.04. The zero-order valence-corrected chi connectivity index (χ0v) is 17.7. The van der Waals surface area contributed by atoms with Crippen LogP contribution in [0.5, 0.6) is 5.75 Å². The molecule has 0 heterocycles. The highest BCUT2D eigenvalue weighted by molar-refractivity contribution is 9.10. The van der Waals surface area contributed by atoms with Crippen LogP contribution < -0.4 is 15.4 Å². The second-order valence-electron chi connectivity index (χ2n) is 6.33. The molecule has 0 saturated heterocycles. The largest absolute Gasteiger partial charge is 0.483 e. The van der Waals surface area contributed by atoms with E-state index in [0.717, 1.165) is 27.0 Å². The highest BCUT2D eigenvalue weighted by atomic mass is 79.9. The van der Waals surface area contributed by atoms with E-state index in [4.69, 9.17) is 16.3 Å². The van der Waals surface area contributed by atoms with Gasteiger partial charge in [-0.25, -0.2) is 0 Å². The van der Waals surface area contributed by atoms with Crippen LogP contribution in [0.15, 0.2) is 71.2 Å². The molecule has 0 aromatic heterocycles. The van der Waals surface area contributed by atoms with Gasteiger partial charge in [0.2, 0.25) is 0 Å². The summed E-state index contributed by atoms with van der Waals surface area (Å²) in [5.41, 5.74) is 3.92. The Morgan fingerprint density at radius 1 is 1.04 bits per heavy atom. The topological polar surface area (TPSA) is 50.4 Å². The Hall–Kier alpha value is -2.50. The second kappa shape index (κ2) is 9.62. The maximum atomic E-state index is 12.1. The first-order valence-electron chi connectivity index (χ1n) is 8.77. The summed E-state index contributed by atoms with van der Waals surface area (Å²) in [7, 11) is 0. The Balaban J connectivity index is 1.52. The number of carbonyl (C=O) groups excluding carboxylic acids is 1. The summed E-state index contributed by atoms with van der Waals surface area (Å²) in [6, 6.07) is 21.0. The third-order valence-corrected chi connectivity index (χ3v) is 4.87. The number of ether oxygens (including phenoxy) is 1. The Labute approximate surface area is 178 Å². The fourth-order valence-corrected chi connectivity index (χ4v) is 3.28. The van der Waals surface area contributed by atoms with Crippen LogP contribution >= 0.6 is 27.5 Å². The van der Waals surface area contributed by atoms with Gasteiger partial charge in [-0.05, 0) is 70.9 Å². The summed E-state index contributed by atoms with van der Waals surface area (Å²) in [6.45, 7) is 2.58. The fourth-order valence-electron chi connectivity index (χ4n) is 2.55. The van der Waals surface area contributed by atoms with Gasteiger partial charge in [-0.2, -0.15) is 0 Å². The average Bonchev–Trinajstić information content (AvgIpc) is 2.67. The van der Waals surface area contributed by atoms with Gasteiger partial charge in [0.15, 0.2) is 6.61 Å². The van der Waals surface area contributed by atoms with Crippen molar-refractivity contribution in [3.05, 3.63) is 87.4 Å². The van der Waals surface area contributed by atoms with Crippen LogP contribution in [-0.4, -0.2) is 12.5 Å². The minimum atomic E-state index is -0.206. The molecule has 0 aliphatic rings. The number of carbonyl (C=O) groups is 1. The van der Waals surface area contributed by atoms with Crippen LogP contribution in [0.3, 0.4) is 0 Å². The lowest BCUT2D eigenvalue weighted by atomic mass is 10.2. The molecule has 0 radical (unpaired) electrons. The third kappa shape index (κ3) is 6.01. The molecule has 0 bridgehead atoms. The van der Waals surface area contributed by atoms with Crippen LogP contribution in [-0.2, 0) is 11.3 Å². The molecule has 0 aliphatic carbocycles. The van der Waals surface area contributed by atoms with Gasteiger partial charge < -0.3 is 15.4 Å². The molecule has 1 amide bonds. The highest BCUT2D eigenvalue weighted by Crippen LogP contribution is 2.26. The standard InChI is InChI=1S/C22H20BrClN2O2/c1-15-5-8-18(9-6-15)26-22(27)14-28-21-10-7-16(11-20(21)23)13-25-19-4-2-3-17(24)12-19/h2-12,25H,13-14H2,1H3,(H,26,27). The van der Waals surface area contributed by atoms with E-state index in [1.165, 1.54) is 0 Å². The molecule has 0 unspecified atom stereocenters. The van der Waals surface area contributed by atoms with Crippen molar-refractivity contribution in [1.82, 2.24) is 0 Å². The van der Waals surface area contributed by atoms with E-state index in [0.29, 0.717) is 17.3 Å². The van der Waals surface area contributed by atoms with Crippen LogP contribution in [0.1, 0.15) is 11.1 Å². The maximum absolute atomic E-state index is 12.1. The molecule has 0 aliphatic heterocycles. The highest BCUT2D eigenvalue weighted by Gasteiger charge is 2.07. The van der Waals surface area contributed by atoms with E-state index in [1.54, 1.807) is 0 Å². The van der Waals surface area contributed by atoms with Crippen LogP contribution in [0.2, 0.25) is 5.02 Å². The van der Waals surface area contributed by atoms with Gasteiger partial charge >= 0.3 is 0 Å². The Morgan fingerprint density at radius 2 is 1.82 bits per heavy atom. The first-order chi connectivity index (χ1) is 13.5. The molecule has 0 fully saturated rings. The Bertz CT molecular complexity index is 961. The molecule has 3 rings (SSSR count). The van der Waals surface area contributed by atoms with E-state index >= 15 is 0 Å². The van der Waals surface area contributed by atoms with Gasteiger partial charge in [-0.15, -0.1) is 0 Å². The number of benzene rings is 3. The van der Waals surface area contributed by atoms with Crippen LogP contribution in [0.25, 0.3) is 0 Å². The van der Waals surface area contributed by atoms with Gasteiger partial charge in [0.05, 0.1) is 4.47 Å². The first kappa shape index (κ1) is 20.2. The van der Waals surface area contributed by atoms with Gasteiger partial charge in [-0.1, -0.05) is 41.4 Å². The lowest BCUT2D eigenvalue weighted by molar-refractivity contribution is -0.118. The Kier molecular flexibility index (Phi) is 6.95. The van der Waals surface area contributed by atoms with Crippen molar-refractivity contribution in [1.29, 1.82) is 0 Å². The number of hydrogen-bond donors (Lipinski definition) is 2. The molecule has 6 heteroatoms. The van der Waals surface area contributed by atoms with Gasteiger partial charge in [0.1, 0.15) is 5.75 Å². The van der Waals surface area contributed by atoms with Crippen molar-refractivity contribution < 1.29 is 9.53 Å². The molecule has 2 N–H and O–H groups in total. The molecule has 4 nitrogen and oxygen atoms in total. The van der Waals surface area contributed by atoms with Crippen molar-refractivity contribution in [2.75, 3.05) is 17.2 Å². The number of aryl methyl sites for hydroxylation is 1. The smallest absolute Gasteiger partial charge is 0.262 e. The second-order valence-corrected chi connectivity index (χ2v) is 7.62. The van der Waals surface area contributed by atoms with E-state index < -0.39 is 0 Å². The molecule has 3 aromatic carbocycles. The average molecular weight is 460 g/mol. The SMILES string of the molecule is Cc1ccc(NC(=O)COc2ccc(CNc3cccc(Cl)c3)cc2Br)cc1. The predicted molar refractivity (Wildman–Crippen MR) is 118 cm³/mol. The molecule has 0 spiro atoms. The van der Waals surface area contributed by atoms with Crippen molar-refractivity contribution in [2.45, 2.75) is 13.5 Å². The molecule has 144 valence electrons. The minimum absolute atomic E-state index is 0.0629. The summed E-state index contributed by atoms with van der Waals surface area (Å²) in [6.07, 6.45) is 0. The lowest BCUT2D eigenvalue weighted by Gasteiger charge is -2.11. The van der Waals surface area contributed by atoms with Crippen molar-refractivity contribution in [3.63, 3.8) is 0 Å². The molecular formula is C22H20BrClN2O2. The summed E-state index contributed by atoms with van der Waals surface area (Å²) in [5.74, 6) is 0.410. The number of rotatable bonds is 7. The fraction of sp³-hybridized carbons (Fsp3) is 0.136. The molecule has 0 atom stereocenters. The monoisotopic (exact) mass is 458 g/mol. The number of nitrogens with one attached hydrogen (secondary N) is 2. The van der Waals surface area contributed by atoms with Gasteiger partial charge in [-0.3, -0.25) is 4.79 Å². The quantitative estimate of drug-likeness (QED) is 0.453. The molecule has 3 aromatic rings. The molecule has 0 saturated carbocycles. The van der Waals surface area contributed by atoms with Crippen molar-refractivity contribution >= 4 is 44.8 Å². The maximum Gasteiger partial charge on any atom is 0.262 e. The van der Waals surface area contributed by atoms with Crippen molar-refractivity contribution in [3.8, 4) is 5.75 Å². The summed E-state index contributed by atoms with van der Waals surface area (Å²) in [4.78, 5) is 12.1. The normalized spacial score (nSPS) is 10.4. The van der Waals surface area contributed by atoms with Gasteiger partial charge in [0, 0.05) is 22.9 Å². The number of hydrogen-bond acceptors (Lipinski definition) is 3. The van der Waals surface area contributed by atoms with E-state index in [9.17, 15) is 4.79 Å². The van der Waals surface area contributed by atoms with Crippen LogP contribution in [0, 0.1) is 6.92 Å². The van der Waals surface area contributed by atoms with Crippen LogP contribution in [0.4, 0.5) is 11.4 Å². The van der Waals surface area contributed by atoms with Gasteiger partial charge in [0.25, 0.3) is 5.91 Å². The molecular weight excluding hydrogens is 440 g/mol. The van der Waals surface area contributed by atoms with E-state index in [-0.39, 0.29) is 12.5 Å². The minimum Gasteiger partial charge on any atom is -0.483 e. The lowest BCUT2D eigenvalue weighted by Crippen LogP contribution is -2.20. The summed E-state index contributed by atoms with van der Waals surface area (Å²) >= 11 is 9.50. The number of anilines is 2. The zero-order chi connectivity index (χ0) is 19.9. The van der Waals surface area contributed by atoms with E-state index in [1.807, 2.05) is 73.7 Å². The number of halogens is 2. The van der Waals surface area contributed by atoms with Crippen molar-refractivity contribution in [2.24, 2.45) is 0 Å². The van der Waals surface area contributed by atoms with E-state index in [2.05, 4.69) is 26.6 Å². The third-order valence-electron chi connectivity index (χ3n) is 4.01. The summed E-state index contributed by atoms with van der Waals surface area (Å²) < 4.78 is 6.42. The first-order valence-corrected chi connectivity index (χ1v) is 9.94. The Morgan fingerprint density at radius 3 is 2.54 bits per heavy atom. The number of amides is 1. The summed E-state index contributed by atoms with van der Waals surface area (Å²) in [5, 5.41) is 6.83. The zero-order valence-electron chi connectivity index (χ0n) is 15.3.